The molecule has 5 nitrogen and oxygen atoms in total. The first-order valence-electron chi connectivity index (χ1n) is 6.12. The molecule has 1 aliphatic carbocycles. The summed E-state index contributed by atoms with van der Waals surface area (Å²) in [6.07, 6.45) is 5.84. The van der Waals surface area contributed by atoms with Gasteiger partial charge in [0, 0.05) is 18.3 Å². The van der Waals surface area contributed by atoms with Gasteiger partial charge in [0.2, 0.25) is 0 Å². The number of hydrogen-bond acceptors (Lipinski definition) is 5. The minimum atomic E-state index is 0.601. The van der Waals surface area contributed by atoms with E-state index in [9.17, 15) is 0 Å². The maximum Gasteiger partial charge on any atom is 0.131 e. The van der Waals surface area contributed by atoms with Gasteiger partial charge in [-0.1, -0.05) is 6.07 Å². The van der Waals surface area contributed by atoms with E-state index in [1.165, 1.54) is 12.8 Å². The number of hydrogen-bond donors (Lipinski definition) is 2. The summed E-state index contributed by atoms with van der Waals surface area (Å²) in [5, 5.41) is 6.59. The Bertz CT molecular complexity index is 510. The zero-order chi connectivity index (χ0) is 12.2. The van der Waals surface area contributed by atoms with E-state index in [-0.39, 0.29) is 0 Å². The molecule has 2 heterocycles. The highest BCUT2D eigenvalue weighted by Crippen LogP contribution is 2.24. The topological polar surface area (TPSA) is 62.7 Å². The number of nitrogens with zero attached hydrogens (tertiary/aromatic N) is 3. The van der Waals surface area contributed by atoms with Crippen LogP contribution in [0, 0.1) is 0 Å². The van der Waals surface area contributed by atoms with Crippen LogP contribution in [0.2, 0.25) is 0 Å². The molecule has 0 spiro atoms. The van der Waals surface area contributed by atoms with E-state index in [1.54, 1.807) is 12.5 Å². The van der Waals surface area contributed by atoms with Crippen molar-refractivity contribution >= 4 is 11.6 Å². The van der Waals surface area contributed by atoms with Gasteiger partial charge in [0.05, 0.1) is 12.2 Å². The Hall–Kier alpha value is -2.17. The molecule has 0 aliphatic heterocycles. The van der Waals surface area contributed by atoms with Gasteiger partial charge in [0.15, 0.2) is 0 Å². The molecule has 2 aromatic heterocycles. The Morgan fingerprint density at radius 3 is 2.78 bits per heavy atom. The minimum Gasteiger partial charge on any atom is -0.367 e. The molecule has 5 heteroatoms. The predicted molar refractivity (Wildman–Crippen MR) is 70.2 cm³/mol. The van der Waals surface area contributed by atoms with E-state index in [2.05, 4.69) is 25.6 Å². The average molecular weight is 241 g/mol. The number of nitrogens with one attached hydrogen (secondary N) is 2. The molecule has 18 heavy (non-hydrogen) atoms. The minimum absolute atomic E-state index is 0.601. The maximum absolute atomic E-state index is 4.25. The van der Waals surface area contributed by atoms with Crippen LogP contribution in [0.25, 0.3) is 0 Å². The normalized spacial score (nSPS) is 14.2. The maximum atomic E-state index is 4.25. The van der Waals surface area contributed by atoms with Crippen molar-refractivity contribution in [3.05, 3.63) is 42.5 Å². The number of anilines is 2. The Labute approximate surface area is 106 Å². The van der Waals surface area contributed by atoms with Crippen molar-refractivity contribution in [1.29, 1.82) is 0 Å². The first-order valence-corrected chi connectivity index (χ1v) is 6.12. The fraction of sp³-hybridized carbons (Fsp3) is 0.308. The lowest BCUT2D eigenvalue weighted by atomic mass is 10.3. The Balaban J connectivity index is 1.61. The van der Waals surface area contributed by atoms with Crippen LogP contribution in [-0.4, -0.2) is 21.0 Å². The Kier molecular flexibility index (Phi) is 3.04. The van der Waals surface area contributed by atoms with Crippen LogP contribution >= 0.6 is 0 Å². The Morgan fingerprint density at radius 1 is 1.11 bits per heavy atom. The summed E-state index contributed by atoms with van der Waals surface area (Å²) in [7, 11) is 0. The average Bonchev–Trinajstić information content (AvgIpc) is 3.22. The fourth-order valence-electron chi connectivity index (χ4n) is 1.65. The number of rotatable bonds is 5. The highest BCUT2D eigenvalue weighted by molar-refractivity contribution is 5.47. The Morgan fingerprint density at radius 2 is 2.00 bits per heavy atom. The quantitative estimate of drug-likeness (QED) is 0.839. The first-order chi connectivity index (χ1) is 8.90. The van der Waals surface area contributed by atoms with Gasteiger partial charge >= 0.3 is 0 Å². The van der Waals surface area contributed by atoms with Gasteiger partial charge in [-0.2, -0.15) is 0 Å². The summed E-state index contributed by atoms with van der Waals surface area (Å²) in [4.78, 5) is 12.6. The smallest absolute Gasteiger partial charge is 0.131 e. The second-order valence-corrected chi connectivity index (χ2v) is 4.38. The van der Waals surface area contributed by atoms with E-state index in [0.29, 0.717) is 12.6 Å². The molecule has 0 amide bonds. The van der Waals surface area contributed by atoms with Crippen LogP contribution in [0.4, 0.5) is 11.6 Å². The summed E-state index contributed by atoms with van der Waals surface area (Å²) in [5.41, 5.74) is 0.993. The largest absolute Gasteiger partial charge is 0.367 e. The molecule has 0 atom stereocenters. The van der Waals surface area contributed by atoms with Crippen molar-refractivity contribution in [3.63, 3.8) is 0 Å². The molecular formula is C13H15N5. The SMILES string of the molecule is c1ccc(CNc2cc(NC3CC3)ncn2)nc1. The number of aromatic nitrogens is 3. The molecule has 1 fully saturated rings. The lowest BCUT2D eigenvalue weighted by Gasteiger charge is -2.07. The van der Waals surface area contributed by atoms with Crippen LogP contribution in [0.15, 0.2) is 36.8 Å². The molecule has 3 rings (SSSR count). The van der Waals surface area contributed by atoms with Crippen molar-refractivity contribution < 1.29 is 0 Å². The third-order valence-corrected chi connectivity index (χ3v) is 2.77. The molecule has 2 N–H and O–H groups in total. The standard InChI is InChI=1S/C13H15N5/c1-2-6-14-11(3-1)8-15-12-7-13(17-9-16-12)18-10-4-5-10/h1-3,6-7,9-10H,4-5,8H2,(H2,15,16,17,18). The molecule has 0 saturated heterocycles. The van der Waals surface area contributed by atoms with Gasteiger partial charge in [0.1, 0.15) is 18.0 Å². The summed E-state index contributed by atoms with van der Waals surface area (Å²) in [5.74, 6) is 1.70. The van der Waals surface area contributed by atoms with E-state index in [1.807, 2.05) is 24.3 Å². The zero-order valence-electron chi connectivity index (χ0n) is 10.0. The monoisotopic (exact) mass is 241 g/mol. The molecule has 0 bridgehead atoms. The van der Waals surface area contributed by atoms with Gasteiger partial charge in [-0.15, -0.1) is 0 Å². The van der Waals surface area contributed by atoms with Crippen molar-refractivity contribution in [3.8, 4) is 0 Å². The molecule has 0 radical (unpaired) electrons. The van der Waals surface area contributed by atoms with Crippen molar-refractivity contribution in [2.24, 2.45) is 0 Å². The van der Waals surface area contributed by atoms with Crippen LogP contribution in [0.1, 0.15) is 18.5 Å². The molecule has 2 aromatic rings. The first kappa shape index (κ1) is 11.0. The second-order valence-electron chi connectivity index (χ2n) is 4.38. The molecule has 0 aromatic carbocycles. The molecule has 0 unspecified atom stereocenters. The van der Waals surface area contributed by atoms with Crippen molar-refractivity contribution in [2.75, 3.05) is 10.6 Å². The second kappa shape index (κ2) is 5.00. The van der Waals surface area contributed by atoms with Crippen LogP contribution in [0.3, 0.4) is 0 Å². The summed E-state index contributed by atoms with van der Waals surface area (Å²) in [6.45, 7) is 0.667. The molecule has 1 saturated carbocycles. The van der Waals surface area contributed by atoms with Crippen LogP contribution in [-0.2, 0) is 6.54 Å². The van der Waals surface area contributed by atoms with Gasteiger partial charge < -0.3 is 10.6 Å². The van der Waals surface area contributed by atoms with Gasteiger partial charge in [0.25, 0.3) is 0 Å². The summed E-state index contributed by atoms with van der Waals surface area (Å²) >= 11 is 0. The summed E-state index contributed by atoms with van der Waals surface area (Å²) < 4.78 is 0. The molecule has 1 aliphatic rings. The van der Waals surface area contributed by atoms with E-state index in [4.69, 9.17) is 0 Å². The van der Waals surface area contributed by atoms with Crippen LogP contribution < -0.4 is 10.6 Å². The van der Waals surface area contributed by atoms with Crippen LogP contribution in [0.5, 0.6) is 0 Å². The van der Waals surface area contributed by atoms with Gasteiger partial charge in [-0.05, 0) is 25.0 Å². The molecular weight excluding hydrogens is 226 g/mol. The fourth-order valence-corrected chi connectivity index (χ4v) is 1.65. The highest BCUT2D eigenvalue weighted by atomic mass is 15.1. The van der Waals surface area contributed by atoms with E-state index >= 15 is 0 Å². The van der Waals surface area contributed by atoms with Crippen molar-refractivity contribution in [2.45, 2.75) is 25.4 Å². The summed E-state index contributed by atoms with van der Waals surface area (Å²) in [6, 6.07) is 8.40. The van der Waals surface area contributed by atoms with E-state index in [0.717, 1.165) is 17.3 Å². The van der Waals surface area contributed by atoms with Gasteiger partial charge in [-0.25, -0.2) is 9.97 Å². The highest BCUT2D eigenvalue weighted by Gasteiger charge is 2.21. The van der Waals surface area contributed by atoms with E-state index < -0.39 is 0 Å². The zero-order valence-corrected chi connectivity index (χ0v) is 10.0. The molecule has 92 valence electrons. The van der Waals surface area contributed by atoms with Gasteiger partial charge in [-0.3, -0.25) is 4.98 Å². The third-order valence-electron chi connectivity index (χ3n) is 2.77. The lowest BCUT2D eigenvalue weighted by molar-refractivity contribution is 1.01. The third kappa shape index (κ3) is 2.94. The number of pyridine rings is 1. The van der Waals surface area contributed by atoms with Crippen molar-refractivity contribution in [1.82, 2.24) is 15.0 Å². The predicted octanol–water partition coefficient (Wildman–Crippen LogP) is 2.06. The lowest BCUT2D eigenvalue weighted by Crippen LogP contribution is -2.06.